The molecule has 0 fully saturated rings. The fourth-order valence-electron chi connectivity index (χ4n) is 1.34. The largest absolute Gasteiger partial charge is 0.288 e. The summed E-state index contributed by atoms with van der Waals surface area (Å²) in [5.41, 5.74) is 1.62. The summed E-state index contributed by atoms with van der Waals surface area (Å²) in [6.45, 7) is 1.90. The summed E-state index contributed by atoms with van der Waals surface area (Å²) in [4.78, 5) is 12.8. The predicted molar refractivity (Wildman–Crippen MR) is 71.6 cm³/mol. The first-order valence-corrected chi connectivity index (χ1v) is 6.63. The first-order valence-electron chi connectivity index (χ1n) is 4.64. The van der Waals surface area contributed by atoms with Crippen LogP contribution < -0.4 is 0 Å². The van der Waals surface area contributed by atoms with Crippen LogP contribution in [0.4, 0.5) is 0 Å². The van der Waals surface area contributed by atoms with E-state index >= 15 is 0 Å². The van der Waals surface area contributed by atoms with Crippen molar-refractivity contribution in [1.82, 2.24) is 0 Å². The second-order valence-electron chi connectivity index (χ2n) is 3.41. The number of hydrogen-bond acceptors (Lipinski definition) is 2. The van der Waals surface area contributed by atoms with Crippen molar-refractivity contribution in [2.24, 2.45) is 0 Å². The molecule has 0 aliphatic rings. The molecular formula is C12H8BrClOS. The Kier molecular flexibility index (Phi) is 3.47. The summed E-state index contributed by atoms with van der Waals surface area (Å²) < 4.78 is 1.58. The third-order valence-corrected chi connectivity index (χ3v) is 4.21. The van der Waals surface area contributed by atoms with Gasteiger partial charge >= 0.3 is 0 Å². The average molecular weight is 316 g/mol. The smallest absolute Gasteiger partial charge is 0.203 e. The zero-order chi connectivity index (χ0) is 11.7. The van der Waals surface area contributed by atoms with Crippen molar-refractivity contribution in [2.45, 2.75) is 6.92 Å². The van der Waals surface area contributed by atoms with Crippen LogP contribution >= 0.6 is 38.9 Å². The summed E-state index contributed by atoms with van der Waals surface area (Å²) in [5, 5.41) is 0. The molecule has 1 aromatic heterocycles. The molecule has 0 saturated heterocycles. The highest BCUT2D eigenvalue weighted by Crippen LogP contribution is 2.28. The lowest BCUT2D eigenvalue weighted by Gasteiger charge is -1.98. The number of thiophene rings is 1. The summed E-state index contributed by atoms with van der Waals surface area (Å²) >= 11 is 10.6. The minimum atomic E-state index is 0.0151. The molecule has 4 heteroatoms. The summed E-state index contributed by atoms with van der Waals surface area (Å²) in [6, 6.07) is 9.18. The fourth-order valence-corrected chi connectivity index (χ4v) is 2.91. The molecule has 0 saturated carbocycles. The SMILES string of the molecule is Cc1cc(C(=O)c2cccc(Br)c2)sc1Cl. The van der Waals surface area contributed by atoms with Crippen LogP contribution in [0.3, 0.4) is 0 Å². The number of carbonyl (C=O) groups is 1. The number of rotatable bonds is 2. The molecule has 1 heterocycles. The van der Waals surface area contributed by atoms with Gasteiger partial charge in [0.25, 0.3) is 0 Å². The quantitative estimate of drug-likeness (QED) is 0.734. The van der Waals surface area contributed by atoms with Gasteiger partial charge in [0.1, 0.15) is 0 Å². The van der Waals surface area contributed by atoms with E-state index in [4.69, 9.17) is 11.6 Å². The zero-order valence-electron chi connectivity index (χ0n) is 8.46. The maximum absolute atomic E-state index is 12.1. The van der Waals surface area contributed by atoms with Crippen LogP contribution in [0.25, 0.3) is 0 Å². The highest BCUT2D eigenvalue weighted by Gasteiger charge is 2.13. The summed E-state index contributed by atoms with van der Waals surface area (Å²) in [5.74, 6) is 0.0151. The van der Waals surface area contributed by atoms with E-state index < -0.39 is 0 Å². The van der Waals surface area contributed by atoms with E-state index in [0.717, 1.165) is 10.0 Å². The first-order chi connectivity index (χ1) is 7.58. The maximum atomic E-state index is 12.1. The van der Waals surface area contributed by atoms with Gasteiger partial charge in [-0.15, -0.1) is 11.3 Å². The second-order valence-corrected chi connectivity index (χ2v) is 5.98. The molecule has 16 heavy (non-hydrogen) atoms. The molecule has 0 aliphatic carbocycles. The monoisotopic (exact) mass is 314 g/mol. The molecule has 0 unspecified atom stereocenters. The Hall–Kier alpha value is -0.640. The van der Waals surface area contributed by atoms with Crippen molar-refractivity contribution in [3.05, 3.63) is 55.1 Å². The Bertz CT molecular complexity index is 528. The van der Waals surface area contributed by atoms with Crippen molar-refractivity contribution >= 4 is 44.7 Å². The average Bonchev–Trinajstić information content (AvgIpc) is 2.58. The molecule has 1 aromatic carbocycles. The van der Waals surface area contributed by atoms with E-state index in [1.807, 2.05) is 31.2 Å². The van der Waals surface area contributed by atoms with Crippen LogP contribution in [0.2, 0.25) is 4.34 Å². The van der Waals surface area contributed by atoms with E-state index in [2.05, 4.69) is 15.9 Å². The molecule has 82 valence electrons. The molecule has 0 radical (unpaired) electrons. The zero-order valence-corrected chi connectivity index (χ0v) is 11.6. The molecule has 1 nitrogen and oxygen atoms in total. The first kappa shape index (κ1) is 11.8. The van der Waals surface area contributed by atoms with Crippen LogP contribution in [0.1, 0.15) is 20.8 Å². The van der Waals surface area contributed by atoms with E-state index in [9.17, 15) is 4.79 Å². The number of ketones is 1. The van der Waals surface area contributed by atoms with Gasteiger partial charge in [-0.25, -0.2) is 0 Å². The Morgan fingerprint density at radius 1 is 1.38 bits per heavy atom. The molecule has 2 rings (SSSR count). The Balaban J connectivity index is 2.39. The summed E-state index contributed by atoms with van der Waals surface area (Å²) in [7, 11) is 0. The number of benzene rings is 1. The lowest BCUT2D eigenvalue weighted by Crippen LogP contribution is -1.97. The number of carbonyl (C=O) groups excluding carboxylic acids is 1. The van der Waals surface area contributed by atoms with Crippen LogP contribution in [0.15, 0.2) is 34.8 Å². The third kappa shape index (κ3) is 2.37. The molecule has 0 atom stereocenters. The molecule has 2 aromatic rings. The normalized spacial score (nSPS) is 10.4. The van der Waals surface area contributed by atoms with Crippen LogP contribution in [-0.2, 0) is 0 Å². The highest BCUT2D eigenvalue weighted by molar-refractivity contribution is 9.10. The topological polar surface area (TPSA) is 17.1 Å². The second kappa shape index (κ2) is 4.70. The number of hydrogen-bond donors (Lipinski definition) is 0. The minimum Gasteiger partial charge on any atom is -0.288 e. The van der Waals surface area contributed by atoms with Gasteiger partial charge in [0.05, 0.1) is 9.21 Å². The molecule has 0 aliphatic heterocycles. The maximum Gasteiger partial charge on any atom is 0.203 e. The van der Waals surface area contributed by atoms with E-state index in [-0.39, 0.29) is 5.78 Å². The Morgan fingerprint density at radius 2 is 2.12 bits per heavy atom. The van der Waals surface area contributed by atoms with Crippen molar-refractivity contribution < 1.29 is 4.79 Å². The van der Waals surface area contributed by atoms with Crippen molar-refractivity contribution in [1.29, 1.82) is 0 Å². The van der Waals surface area contributed by atoms with E-state index in [1.165, 1.54) is 11.3 Å². The minimum absolute atomic E-state index is 0.0151. The van der Waals surface area contributed by atoms with E-state index in [1.54, 1.807) is 6.07 Å². The van der Waals surface area contributed by atoms with Crippen molar-refractivity contribution in [2.75, 3.05) is 0 Å². The molecule has 0 N–H and O–H groups in total. The fraction of sp³-hybridized carbons (Fsp3) is 0.0833. The summed E-state index contributed by atoms with van der Waals surface area (Å²) in [6.07, 6.45) is 0. The van der Waals surface area contributed by atoms with Gasteiger partial charge in [-0.3, -0.25) is 4.79 Å². The van der Waals surface area contributed by atoms with Gasteiger partial charge in [-0.2, -0.15) is 0 Å². The standard InChI is InChI=1S/C12H8BrClOS/c1-7-5-10(16-12(7)14)11(15)8-3-2-4-9(13)6-8/h2-6H,1H3. The molecule has 0 amide bonds. The molecular weight excluding hydrogens is 308 g/mol. The van der Waals surface area contributed by atoms with Crippen LogP contribution in [0, 0.1) is 6.92 Å². The van der Waals surface area contributed by atoms with Gasteiger partial charge in [0.15, 0.2) is 0 Å². The highest BCUT2D eigenvalue weighted by atomic mass is 79.9. The Morgan fingerprint density at radius 3 is 2.69 bits per heavy atom. The number of halogens is 2. The predicted octanol–water partition coefficient (Wildman–Crippen LogP) is 4.70. The molecule has 0 spiro atoms. The lowest BCUT2D eigenvalue weighted by atomic mass is 10.1. The van der Waals surface area contributed by atoms with Gasteiger partial charge in [-0.1, -0.05) is 39.7 Å². The Labute approximate surface area is 111 Å². The van der Waals surface area contributed by atoms with Gasteiger partial charge in [-0.05, 0) is 30.7 Å². The van der Waals surface area contributed by atoms with Gasteiger partial charge in [0, 0.05) is 10.0 Å². The van der Waals surface area contributed by atoms with Crippen molar-refractivity contribution in [3.8, 4) is 0 Å². The lowest BCUT2D eigenvalue weighted by molar-refractivity contribution is 0.104. The van der Waals surface area contributed by atoms with Crippen LogP contribution in [-0.4, -0.2) is 5.78 Å². The van der Waals surface area contributed by atoms with Crippen LogP contribution in [0.5, 0.6) is 0 Å². The van der Waals surface area contributed by atoms with Gasteiger partial charge < -0.3 is 0 Å². The third-order valence-electron chi connectivity index (χ3n) is 2.17. The molecule has 0 bridgehead atoms. The van der Waals surface area contributed by atoms with Gasteiger partial charge in [0.2, 0.25) is 5.78 Å². The van der Waals surface area contributed by atoms with E-state index in [0.29, 0.717) is 14.8 Å². The van der Waals surface area contributed by atoms with Crippen molar-refractivity contribution in [3.63, 3.8) is 0 Å². The number of aryl methyl sites for hydroxylation is 1.